The summed E-state index contributed by atoms with van der Waals surface area (Å²) < 4.78 is 30.4. The minimum atomic E-state index is -5.29. The number of aliphatic carboxylic acids is 2. The first-order valence-electron chi connectivity index (χ1n) is 6.92. The monoisotopic (exact) mass is 358 g/mol. The van der Waals surface area contributed by atoms with Crippen molar-refractivity contribution in [3.63, 3.8) is 0 Å². The number of carbonyl (C=O) groups is 2. The first-order valence-corrected chi connectivity index (χ1v) is 8.36. The fourth-order valence-corrected chi connectivity index (χ4v) is 3.56. The predicted molar refractivity (Wildman–Crippen MR) is 90.2 cm³/mol. The number of allylic oxidation sites excluding steroid dienone is 4. The van der Waals surface area contributed by atoms with Gasteiger partial charge in [0.15, 0.2) is 0 Å². The third-order valence-electron chi connectivity index (χ3n) is 3.55. The zero-order valence-corrected chi connectivity index (χ0v) is 14.1. The van der Waals surface area contributed by atoms with Crippen LogP contribution in [0.1, 0.15) is 25.7 Å². The Kier molecular flexibility index (Phi) is 7.82. The van der Waals surface area contributed by atoms with E-state index >= 15 is 0 Å². The van der Waals surface area contributed by atoms with Crippen LogP contribution >= 0.6 is 0 Å². The van der Waals surface area contributed by atoms with Gasteiger partial charge in [-0.1, -0.05) is 36.5 Å². The van der Waals surface area contributed by atoms with Crippen LogP contribution in [-0.2, 0) is 19.7 Å². The quantitative estimate of drug-likeness (QED) is 0.361. The lowest BCUT2D eigenvalue weighted by atomic mass is 9.81. The molecule has 24 heavy (non-hydrogen) atoms. The van der Waals surface area contributed by atoms with Gasteiger partial charge < -0.3 is 10.2 Å². The summed E-state index contributed by atoms with van der Waals surface area (Å²) >= 11 is 0. The minimum absolute atomic E-state index is 0.0739. The zero-order chi connectivity index (χ0) is 19.1. The summed E-state index contributed by atoms with van der Waals surface area (Å²) in [5, 5.41) is 18.9. The molecule has 0 aromatic rings. The Bertz CT molecular complexity index is 660. The summed E-state index contributed by atoms with van der Waals surface area (Å²) in [5.41, 5.74) is 0.395. The van der Waals surface area contributed by atoms with E-state index in [0.717, 1.165) is 0 Å². The highest BCUT2D eigenvalue weighted by molar-refractivity contribution is 7.88. The molecule has 0 amide bonds. The second-order valence-corrected chi connectivity index (χ2v) is 7.11. The summed E-state index contributed by atoms with van der Waals surface area (Å²) in [6.07, 6.45) is 1.84. The molecule has 0 saturated heterocycles. The van der Waals surface area contributed by atoms with Crippen LogP contribution in [0.15, 0.2) is 49.6 Å². The first kappa shape index (κ1) is 21.8. The largest absolute Gasteiger partial charge is 0.481 e. The summed E-state index contributed by atoms with van der Waals surface area (Å²) in [6.45, 7) is 14.0. The Morgan fingerprint density at radius 1 is 1.04 bits per heavy atom. The number of hydrogen-bond acceptors (Lipinski definition) is 4. The molecule has 0 rings (SSSR count). The van der Waals surface area contributed by atoms with Crippen LogP contribution in [0, 0.1) is 5.92 Å². The molecule has 0 bridgehead atoms. The standard InChI is InChI=1S/C16H22O7S/c1-5-7-11(3)9-13(14(17)18)16(15(19)20,24(21,22)23)10-12(4)8-6-2/h5-6,13H,1-4,7-10H2,(H,17,18)(H,19,20)(H,21,22,23). The normalized spacial score (nSPS) is 14.9. The maximum atomic E-state index is 11.9. The third kappa shape index (κ3) is 4.90. The number of carboxylic acids is 2. The van der Waals surface area contributed by atoms with Crippen molar-refractivity contribution in [1.29, 1.82) is 0 Å². The van der Waals surface area contributed by atoms with Crippen LogP contribution in [0.25, 0.3) is 0 Å². The Labute approximate surface area is 141 Å². The molecule has 3 N–H and O–H groups in total. The molecule has 0 fully saturated rings. The van der Waals surface area contributed by atoms with E-state index < -0.39 is 45.6 Å². The van der Waals surface area contributed by atoms with Gasteiger partial charge in [-0.2, -0.15) is 8.42 Å². The second-order valence-electron chi connectivity index (χ2n) is 5.43. The van der Waals surface area contributed by atoms with Crippen LogP contribution in [0.5, 0.6) is 0 Å². The number of carboxylic acid groups (broad SMARTS) is 2. The van der Waals surface area contributed by atoms with Crippen LogP contribution < -0.4 is 0 Å². The van der Waals surface area contributed by atoms with Crippen molar-refractivity contribution in [1.82, 2.24) is 0 Å². The molecule has 8 heteroatoms. The SMILES string of the molecule is C=CCC(=C)CC(C(=O)O)C(CC(=C)CC=C)(C(=O)O)S(=O)(=O)O. The van der Waals surface area contributed by atoms with E-state index in [2.05, 4.69) is 26.3 Å². The lowest BCUT2D eigenvalue weighted by Crippen LogP contribution is -2.55. The molecule has 0 aliphatic heterocycles. The van der Waals surface area contributed by atoms with E-state index in [-0.39, 0.29) is 24.0 Å². The molecule has 2 unspecified atom stereocenters. The molecule has 7 nitrogen and oxygen atoms in total. The van der Waals surface area contributed by atoms with E-state index in [1.54, 1.807) is 0 Å². The van der Waals surface area contributed by atoms with Crippen LogP contribution in [-0.4, -0.2) is 39.9 Å². The van der Waals surface area contributed by atoms with Crippen molar-refractivity contribution >= 4 is 22.1 Å². The highest BCUT2D eigenvalue weighted by Crippen LogP contribution is 2.38. The van der Waals surface area contributed by atoms with Gasteiger partial charge in [-0.15, -0.1) is 13.2 Å². The molecule has 0 aromatic carbocycles. The molecule has 0 aromatic heterocycles. The summed E-state index contributed by atoms with van der Waals surface area (Å²) in [5.74, 6) is -5.58. The fraction of sp³-hybridized carbons (Fsp3) is 0.375. The maximum Gasteiger partial charge on any atom is 0.328 e. The predicted octanol–water partition coefficient (Wildman–Crippen LogP) is 2.44. The molecule has 0 heterocycles. The summed E-state index contributed by atoms with van der Waals surface area (Å²) in [4.78, 5) is 23.4. The van der Waals surface area contributed by atoms with E-state index in [0.29, 0.717) is 0 Å². The van der Waals surface area contributed by atoms with Crippen LogP contribution in [0.2, 0.25) is 0 Å². The van der Waals surface area contributed by atoms with Gasteiger partial charge in [0.25, 0.3) is 10.1 Å². The van der Waals surface area contributed by atoms with E-state index in [1.807, 2.05) is 0 Å². The van der Waals surface area contributed by atoms with E-state index in [1.165, 1.54) is 12.2 Å². The van der Waals surface area contributed by atoms with Gasteiger partial charge in [-0.25, -0.2) is 0 Å². The Balaban J connectivity index is 6.29. The molecular formula is C16H22O7S. The first-order chi connectivity index (χ1) is 10.9. The molecule has 0 spiro atoms. The van der Waals surface area contributed by atoms with Gasteiger partial charge in [0.1, 0.15) is 0 Å². The molecule has 0 saturated carbocycles. The lowest BCUT2D eigenvalue weighted by molar-refractivity contribution is -0.152. The van der Waals surface area contributed by atoms with E-state index in [4.69, 9.17) is 0 Å². The highest BCUT2D eigenvalue weighted by atomic mass is 32.2. The van der Waals surface area contributed by atoms with Gasteiger partial charge in [0.05, 0.1) is 5.92 Å². The van der Waals surface area contributed by atoms with Crippen LogP contribution in [0.3, 0.4) is 0 Å². The molecular weight excluding hydrogens is 336 g/mol. The Hall–Kier alpha value is -2.19. The second kappa shape index (κ2) is 8.60. The molecule has 0 aliphatic rings. The van der Waals surface area contributed by atoms with E-state index in [9.17, 15) is 32.8 Å². The molecule has 2 atom stereocenters. The van der Waals surface area contributed by atoms with Crippen molar-refractivity contribution in [3.05, 3.63) is 49.6 Å². The topological polar surface area (TPSA) is 129 Å². The average Bonchev–Trinajstić information content (AvgIpc) is 2.41. The zero-order valence-electron chi connectivity index (χ0n) is 13.3. The fourth-order valence-electron chi connectivity index (χ4n) is 2.40. The van der Waals surface area contributed by atoms with Gasteiger partial charge >= 0.3 is 11.9 Å². The van der Waals surface area contributed by atoms with Gasteiger partial charge in [0, 0.05) is 6.42 Å². The summed E-state index contributed by atoms with van der Waals surface area (Å²) in [7, 11) is -5.29. The molecule has 134 valence electrons. The van der Waals surface area contributed by atoms with Crippen molar-refractivity contribution in [2.24, 2.45) is 5.92 Å². The average molecular weight is 358 g/mol. The minimum Gasteiger partial charge on any atom is -0.481 e. The lowest BCUT2D eigenvalue weighted by Gasteiger charge is -2.32. The smallest absolute Gasteiger partial charge is 0.328 e. The van der Waals surface area contributed by atoms with Gasteiger partial charge in [0.2, 0.25) is 4.75 Å². The van der Waals surface area contributed by atoms with Crippen LogP contribution in [0.4, 0.5) is 0 Å². The summed E-state index contributed by atoms with van der Waals surface area (Å²) in [6, 6.07) is 0. The number of hydrogen-bond donors (Lipinski definition) is 3. The number of rotatable bonds is 12. The highest BCUT2D eigenvalue weighted by Gasteiger charge is 2.59. The van der Waals surface area contributed by atoms with Gasteiger partial charge in [-0.3, -0.25) is 14.1 Å². The van der Waals surface area contributed by atoms with Gasteiger partial charge in [-0.05, 0) is 19.3 Å². The maximum absolute atomic E-state index is 11.9. The van der Waals surface area contributed by atoms with Crippen molar-refractivity contribution in [2.45, 2.75) is 30.4 Å². The van der Waals surface area contributed by atoms with Crippen molar-refractivity contribution in [2.75, 3.05) is 0 Å². The third-order valence-corrected chi connectivity index (χ3v) is 5.08. The Morgan fingerprint density at radius 3 is 1.83 bits per heavy atom. The molecule has 0 radical (unpaired) electrons. The Morgan fingerprint density at radius 2 is 1.50 bits per heavy atom. The van der Waals surface area contributed by atoms with Crippen molar-refractivity contribution < 1.29 is 32.8 Å². The molecule has 0 aliphatic carbocycles. The van der Waals surface area contributed by atoms with Crippen molar-refractivity contribution in [3.8, 4) is 0 Å².